The zero-order valence-electron chi connectivity index (χ0n) is 12.9. The van der Waals surface area contributed by atoms with Gasteiger partial charge in [-0.05, 0) is 24.1 Å². The molecule has 0 saturated carbocycles. The molecular formula is C18H25NO2. The second kappa shape index (κ2) is 8.81. The van der Waals surface area contributed by atoms with E-state index in [-0.39, 0.29) is 12.2 Å². The number of unbranched alkanes of at least 4 members (excludes halogenated alkanes) is 4. The molecule has 1 aromatic carbocycles. The van der Waals surface area contributed by atoms with Crippen molar-refractivity contribution in [2.45, 2.75) is 57.7 Å². The van der Waals surface area contributed by atoms with Gasteiger partial charge >= 0.3 is 0 Å². The van der Waals surface area contributed by atoms with Gasteiger partial charge in [-0.3, -0.25) is 0 Å². The fourth-order valence-electron chi connectivity index (χ4n) is 2.65. The molecule has 2 atom stereocenters. The molecule has 0 aromatic heterocycles. The van der Waals surface area contributed by atoms with Crippen LogP contribution in [0.25, 0.3) is 0 Å². The highest BCUT2D eigenvalue weighted by atomic mass is 16.6. The Morgan fingerprint density at radius 1 is 1.05 bits per heavy atom. The molecule has 2 unspecified atom stereocenters. The molecule has 0 aliphatic carbocycles. The lowest BCUT2D eigenvalue weighted by Gasteiger charge is -2.30. The quantitative estimate of drug-likeness (QED) is 0.699. The van der Waals surface area contributed by atoms with E-state index >= 15 is 0 Å². The summed E-state index contributed by atoms with van der Waals surface area (Å²) in [5.41, 5.74) is 1.77. The van der Waals surface area contributed by atoms with Crippen LogP contribution in [0.2, 0.25) is 0 Å². The Hall–Kier alpha value is -1.37. The molecule has 1 aliphatic rings. The van der Waals surface area contributed by atoms with E-state index in [1.165, 1.54) is 32.1 Å². The lowest BCUT2D eigenvalue weighted by molar-refractivity contribution is -0.137. The third kappa shape index (κ3) is 5.15. The summed E-state index contributed by atoms with van der Waals surface area (Å²) in [7, 11) is 0. The largest absolute Gasteiger partial charge is 0.373 e. The molecule has 1 fully saturated rings. The first-order chi connectivity index (χ1) is 10.3. The fourth-order valence-corrected chi connectivity index (χ4v) is 2.65. The fraction of sp³-hybridized carbons (Fsp3) is 0.611. The summed E-state index contributed by atoms with van der Waals surface area (Å²) in [4.78, 5) is 0. The average molecular weight is 287 g/mol. The lowest BCUT2D eigenvalue weighted by Crippen LogP contribution is -2.31. The van der Waals surface area contributed by atoms with E-state index in [9.17, 15) is 0 Å². The average Bonchev–Trinajstić information content (AvgIpc) is 2.55. The number of rotatable bonds is 7. The summed E-state index contributed by atoms with van der Waals surface area (Å²) < 4.78 is 11.8. The SMILES string of the molecule is CCCCCCCC1COC(c2ccc(C#N)cc2)CO1. The van der Waals surface area contributed by atoms with Gasteiger partial charge in [-0.2, -0.15) is 5.26 Å². The van der Waals surface area contributed by atoms with Gasteiger partial charge in [-0.15, -0.1) is 0 Å². The van der Waals surface area contributed by atoms with Gasteiger partial charge in [-0.25, -0.2) is 0 Å². The van der Waals surface area contributed by atoms with Crippen LogP contribution in [-0.2, 0) is 9.47 Å². The van der Waals surface area contributed by atoms with Gasteiger partial charge in [0.1, 0.15) is 6.10 Å². The van der Waals surface area contributed by atoms with E-state index in [0.717, 1.165) is 12.0 Å². The van der Waals surface area contributed by atoms with Crippen LogP contribution in [0, 0.1) is 11.3 Å². The monoisotopic (exact) mass is 287 g/mol. The second-order valence-electron chi connectivity index (χ2n) is 5.71. The Balaban J connectivity index is 1.69. The number of nitriles is 1. The summed E-state index contributed by atoms with van der Waals surface area (Å²) in [6.45, 7) is 3.53. The molecule has 21 heavy (non-hydrogen) atoms. The summed E-state index contributed by atoms with van der Waals surface area (Å²) in [6, 6.07) is 9.71. The summed E-state index contributed by atoms with van der Waals surface area (Å²) in [5, 5.41) is 8.80. The minimum Gasteiger partial charge on any atom is -0.373 e. The highest BCUT2D eigenvalue weighted by Gasteiger charge is 2.23. The van der Waals surface area contributed by atoms with Crippen molar-refractivity contribution in [3.63, 3.8) is 0 Å². The molecule has 3 nitrogen and oxygen atoms in total. The second-order valence-corrected chi connectivity index (χ2v) is 5.71. The number of hydrogen-bond acceptors (Lipinski definition) is 3. The lowest BCUT2D eigenvalue weighted by atomic mass is 10.1. The number of benzene rings is 1. The van der Waals surface area contributed by atoms with Gasteiger partial charge in [0.25, 0.3) is 0 Å². The molecular weight excluding hydrogens is 262 g/mol. The normalized spacial score (nSPS) is 21.9. The molecule has 1 saturated heterocycles. The van der Waals surface area contributed by atoms with Crippen LogP contribution in [0.15, 0.2) is 24.3 Å². The maximum Gasteiger partial charge on any atom is 0.106 e. The molecule has 114 valence electrons. The first kappa shape index (κ1) is 16.0. The zero-order valence-corrected chi connectivity index (χ0v) is 12.9. The topological polar surface area (TPSA) is 42.2 Å². The van der Waals surface area contributed by atoms with Crippen LogP contribution in [-0.4, -0.2) is 19.3 Å². The van der Waals surface area contributed by atoms with Crippen molar-refractivity contribution in [1.29, 1.82) is 5.26 Å². The van der Waals surface area contributed by atoms with Crippen molar-refractivity contribution in [3.05, 3.63) is 35.4 Å². The van der Waals surface area contributed by atoms with Gasteiger partial charge in [-0.1, -0.05) is 51.2 Å². The third-order valence-corrected chi connectivity index (χ3v) is 4.01. The summed E-state index contributed by atoms with van der Waals surface area (Å²) >= 11 is 0. The smallest absolute Gasteiger partial charge is 0.106 e. The molecule has 0 N–H and O–H groups in total. The molecule has 2 rings (SSSR count). The van der Waals surface area contributed by atoms with Crippen LogP contribution < -0.4 is 0 Å². The summed E-state index contributed by atoms with van der Waals surface area (Å²) in [5.74, 6) is 0. The van der Waals surface area contributed by atoms with Gasteiger partial charge < -0.3 is 9.47 Å². The van der Waals surface area contributed by atoms with Crippen molar-refractivity contribution in [3.8, 4) is 6.07 Å². The van der Waals surface area contributed by atoms with Gasteiger partial charge in [0.15, 0.2) is 0 Å². The summed E-state index contributed by atoms with van der Waals surface area (Å²) in [6.07, 6.45) is 7.85. The van der Waals surface area contributed by atoms with Crippen LogP contribution in [0.4, 0.5) is 0 Å². The van der Waals surface area contributed by atoms with Crippen molar-refractivity contribution >= 4 is 0 Å². The molecule has 0 spiro atoms. The van der Waals surface area contributed by atoms with E-state index in [0.29, 0.717) is 18.8 Å². The van der Waals surface area contributed by atoms with Crippen LogP contribution >= 0.6 is 0 Å². The Bertz CT molecular complexity index is 441. The highest BCUT2D eigenvalue weighted by Crippen LogP contribution is 2.25. The molecule has 1 aromatic rings. The van der Waals surface area contributed by atoms with Gasteiger partial charge in [0.2, 0.25) is 0 Å². The molecule has 1 aliphatic heterocycles. The highest BCUT2D eigenvalue weighted by molar-refractivity contribution is 5.32. The van der Waals surface area contributed by atoms with Crippen molar-refractivity contribution in [2.75, 3.05) is 13.2 Å². The Kier molecular flexibility index (Phi) is 6.72. The van der Waals surface area contributed by atoms with Crippen LogP contribution in [0.5, 0.6) is 0 Å². The Morgan fingerprint density at radius 2 is 1.81 bits per heavy atom. The van der Waals surface area contributed by atoms with Crippen LogP contribution in [0.3, 0.4) is 0 Å². The van der Waals surface area contributed by atoms with E-state index < -0.39 is 0 Å². The van der Waals surface area contributed by atoms with Crippen molar-refractivity contribution < 1.29 is 9.47 Å². The van der Waals surface area contributed by atoms with Gasteiger partial charge in [0, 0.05) is 0 Å². The first-order valence-electron chi connectivity index (χ1n) is 8.06. The predicted octanol–water partition coefficient (Wildman–Crippen LogP) is 4.38. The maximum absolute atomic E-state index is 8.80. The number of ether oxygens (including phenoxy) is 2. The molecule has 0 amide bonds. The number of hydrogen-bond donors (Lipinski definition) is 0. The molecule has 1 heterocycles. The van der Waals surface area contributed by atoms with E-state index in [4.69, 9.17) is 14.7 Å². The zero-order chi connectivity index (χ0) is 14.9. The maximum atomic E-state index is 8.80. The Labute approximate surface area is 127 Å². The third-order valence-electron chi connectivity index (χ3n) is 4.01. The minimum atomic E-state index is 0.00841. The molecule has 3 heteroatoms. The number of nitrogens with zero attached hydrogens (tertiary/aromatic N) is 1. The van der Waals surface area contributed by atoms with Crippen LogP contribution in [0.1, 0.15) is 62.7 Å². The van der Waals surface area contributed by atoms with E-state index in [1.54, 1.807) is 0 Å². The minimum absolute atomic E-state index is 0.00841. The molecule has 0 bridgehead atoms. The van der Waals surface area contributed by atoms with E-state index in [2.05, 4.69) is 13.0 Å². The predicted molar refractivity (Wildman–Crippen MR) is 83.0 cm³/mol. The van der Waals surface area contributed by atoms with Crippen molar-refractivity contribution in [1.82, 2.24) is 0 Å². The van der Waals surface area contributed by atoms with Gasteiger partial charge in [0.05, 0.1) is 31.0 Å². The Morgan fingerprint density at radius 3 is 2.43 bits per heavy atom. The first-order valence-corrected chi connectivity index (χ1v) is 8.06. The van der Waals surface area contributed by atoms with E-state index in [1.807, 2.05) is 24.3 Å². The molecule has 0 radical (unpaired) electrons. The standard InChI is InChI=1S/C18H25NO2/c1-2-3-4-5-6-7-17-13-21-18(14-20-17)16-10-8-15(12-19)9-11-16/h8-11,17-18H,2-7,13-14H2,1H3. The van der Waals surface area contributed by atoms with Crippen molar-refractivity contribution in [2.24, 2.45) is 0 Å².